The molecule has 1 fully saturated rings. The molecule has 28 heavy (non-hydrogen) atoms. The Morgan fingerprint density at radius 2 is 1.75 bits per heavy atom. The number of ether oxygens (including phenoxy) is 3. The number of para-hydroxylation sites is 2. The van der Waals surface area contributed by atoms with Crippen LogP contribution in [0.25, 0.3) is 0 Å². The molecular formula is C20H22ClN3O4. The van der Waals surface area contributed by atoms with Crippen LogP contribution < -0.4 is 19.5 Å². The van der Waals surface area contributed by atoms with Gasteiger partial charge in [0.15, 0.2) is 11.5 Å². The average molecular weight is 404 g/mol. The predicted molar refractivity (Wildman–Crippen MR) is 103 cm³/mol. The van der Waals surface area contributed by atoms with Gasteiger partial charge in [0.25, 0.3) is 5.91 Å². The Morgan fingerprint density at radius 3 is 2.43 bits per heavy atom. The Bertz CT molecular complexity index is 824. The maximum atomic E-state index is 12.7. The topological polar surface area (TPSA) is 82.6 Å². The van der Waals surface area contributed by atoms with E-state index in [4.69, 9.17) is 25.8 Å². The number of hydrogen-bond acceptors (Lipinski definition) is 6. The Labute approximate surface area is 168 Å². The number of aromatic nitrogens is 2. The molecule has 0 saturated heterocycles. The maximum Gasteiger partial charge on any atom is 0.316 e. The molecule has 1 N–H and O–H groups in total. The molecule has 8 heteroatoms. The van der Waals surface area contributed by atoms with Crippen LogP contribution in [0.4, 0.5) is 0 Å². The van der Waals surface area contributed by atoms with Gasteiger partial charge < -0.3 is 19.5 Å². The highest BCUT2D eigenvalue weighted by Gasteiger charge is 2.35. The average Bonchev–Trinajstić information content (AvgIpc) is 2.70. The van der Waals surface area contributed by atoms with Gasteiger partial charge in [-0.15, -0.1) is 0 Å². The van der Waals surface area contributed by atoms with E-state index in [0.29, 0.717) is 22.5 Å². The lowest BCUT2D eigenvalue weighted by Crippen LogP contribution is -2.52. The fourth-order valence-corrected chi connectivity index (χ4v) is 3.62. The van der Waals surface area contributed by atoms with Crippen LogP contribution in [0.15, 0.2) is 36.7 Å². The number of nitrogens with zero attached hydrogens (tertiary/aromatic N) is 2. The van der Waals surface area contributed by atoms with Gasteiger partial charge in [-0.05, 0) is 44.7 Å². The van der Waals surface area contributed by atoms with Gasteiger partial charge in [0.05, 0.1) is 17.4 Å². The summed E-state index contributed by atoms with van der Waals surface area (Å²) >= 11 is 5.78. The number of nitrogens with one attached hydrogen (secondary N) is 1. The zero-order valence-electron chi connectivity index (χ0n) is 15.5. The maximum absolute atomic E-state index is 12.7. The summed E-state index contributed by atoms with van der Waals surface area (Å²) in [7, 11) is 0. The number of carbonyl (C=O) groups is 1. The minimum absolute atomic E-state index is 0.0365. The van der Waals surface area contributed by atoms with E-state index in [1.54, 1.807) is 0 Å². The SMILES string of the molecule is CC1Oc2ccccc2OC1C(=O)NC1CCC(Oc2ncc(Cl)cn2)CC1. The number of fused-ring (bicyclic) bond motifs is 1. The summed E-state index contributed by atoms with van der Waals surface area (Å²) < 4.78 is 17.5. The largest absolute Gasteiger partial charge is 0.482 e. The minimum Gasteiger partial charge on any atom is -0.482 e. The van der Waals surface area contributed by atoms with Crippen LogP contribution in [0, 0.1) is 0 Å². The van der Waals surface area contributed by atoms with E-state index in [-0.39, 0.29) is 24.2 Å². The normalized spacial score (nSPS) is 26.4. The minimum atomic E-state index is -0.661. The fourth-order valence-electron chi connectivity index (χ4n) is 3.52. The number of benzene rings is 1. The second kappa shape index (κ2) is 8.22. The van der Waals surface area contributed by atoms with E-state index in [0.717, 1.165) is 25.7 Å². The smallest absolute Gasteiger partial charge is 0.316 e. The first kappa shape index (κ1) is 18.8. The first-order valence-corrected chi connectivity index (χ1v) is 9.83. The summed E-state index contributed by atoms with van der Waals surface area (Å²) in [6.07, 6.45) is 5.33. The summed E-state index contributed by atoms with van der Waals surface area (Å²) in [6, 6.07) is 7.81. The standard InChI is InChI=1S/C20H22ClN3O4/c1-12-18(28-17-5-3-2-4-16(17)26-12)19(25)24-14-6-8-15(9-7-14)27-20-22-10-13(21)11-23-20/h2-5,10-12,14-15,18H,6-9H2,1H3,(H,24,25). The second-order valence-electron chi connectivity index (χ2n) is 7.09. The molecule has 2 aliphatic rings. The van der Waals surface area contributed by atoms with E-state index in [1.165, 1.54) is 12.4 Å². The molecule has 0 radical (unpaired) electrons. The molecule has 1 aliphatic heterocycles. The van der Waals surface area contributed by atoms with Crippen LogP contribution >= 0.6 is 11.6 Å². The second-order valence-corrected chi connectivity index (χ2v) is 7.53. The summed E-state index contributed by atoms with van der Waals surface area (Å²) in [5.74, 6) is 1.12. The van der Waals surface area contributed by atoms with E-state index >= 15 is 0 Å². The Morgan fingerprint density at radius 1 is 1.11 bits per heavy atom. The van der Waals surface area contributed by atoms with Crippen LogP contribution in [0.3, 0.4) is 0 Å². The van der Waals surface area contributed by atoms with Gasteiger partial charge in [0, 0.05) is 6.04 Å². The summed E-state index contributed by atoms with van der Waals surface area (Å²) in [6.45, 7) is 1.84. The van der Waals surface area contributed by atoms with Crippen molar-refractivity contribution in [1.82, 2.24) is 15.3 Å². The molecule has 0 bridgehead atoms. The molecule has 1 aliphatic carbocycles. The van der Waals surface area contributed by atoms with E-state index in [2.05, 4.69) is 15.3 Å². The molecular weight excluding hydrogens is 382 g/mol. The number of rotatable bonds is 4. The van der Waals surface area contributed by atoms with Crippen molar-refractivity contribution in [2.24, 2.45) is 0 Å². The molecule has 148 valence electrons. The van der Waals surface area contributed by atoms with Crippen LogP contribution in [0.5, 0.6) is 17.5 Å². The Balaban J connectivity index is 1.27. The fraction of sp³-hybridized carbons (Fsp3) is 0.450. The van der Waals surface area contributed by atoms with Crippen molar-refractivity contribution in [3.8, 4) is 17.5 Å². The van der Waals surface area contributed by atoms with E-state index < -0.39 is 6.10 Å². The van der Waals surface area contributed by atoms with Crippen molar-refractivity contribution in [3.05, 3.63) is 41.7 Å². The van der Waals surface area contributed by atoms with Gasteiger partial charge in [-0.3, -0.25) is 4.79 Å². The molecule has 1 saturated carbocycles. The third-order valence-corrected chi connectivity index (χ3v) is 5.19. The van der Waals surface area contributed by atoms with Crippen molar-refractivity contribution in [2.45, 2.75) is 57.0 Å². The molecule has 2 aromatic rings. The third-order valence-electron chi connectivity index (χ3n) is 4.99. The highest BCUT2D eigenvalue weighted by atomic mass is 35.5. The number of halogens is 1. The van der Waals surface area contributed by atoms with Crippen molar-refractivity contribution >= 4 is 17.5 Å². The molecule has 4 rings (SSSR count). The zero-order valence-corrected chi connectivity index (χ0v) is 16.3. The van der Waals surface area contributed by atoms with Crippen LogP contribution in [0.1, 0.15) is 32.6 Å². The van der Waals surface area contributed by atoms with Gasteiger partial charge in [0.1, 0.15) is 12.2 Å². The van der Waals surface area contributed by atoms with Crippen molar-refractivity contribution in [2.75, 3.05) is 0 Å². The lowest BCUT2D eigenvalue weighted by atomic mass is 9.92. The van der Waals surface area contributed by atoms with Crippen LogP contribution in [-0.2, 0) is 4.79 Å². The first-order valence-electron chi connectivity index (χ1n) is 9.45. The van der Waals surface area contributed by atoms with Crippen molar-refractivity contribution in [1.29, 1.82) is 0 Å². The highest BCUT2D eigenvalue weighted by molar-refractivity contribution is 6.30. The molecule has 7 nitrogen and oxygen atoms in total. The Hall–Kier alpha value is -2.54. The van der Waals surface area contributed by atoms with E-state index in [1.807, 2.05) is 31.2 Å². The Kier molecular flexibility index (Phi) is 5.52. The molecule has 1 aromatic carbocycles. The van der Waals surface area contributed by atoms with Crippen LogP contribution in [-0.4, -0.2) is 40.2 Å². The third kappa shape index (κ3) is 4.30. The molecule has 1 amide bonds. The van der Waals surface area contributed by atoms with Gasteiger partial charge in [-0.1, -0.05) is 23.7 Å². The van der Waals surface area contributed by atoms with Gasteiger partial charge in [0.2, 0.25) is 6.10 Å². The monoisotopic (exact) mass is 403 g/mol. The quantitative estimate of drug-likeness (QED) is 0.844. The summed E-state index contributed by atoms with van der Waals surface area (Å²) in [5.41, 5.74) is 0. The molecule has 1 aromatic heterocycles. The number of carbonyl (C=O) groups excluding carboxylic acids is 1. The molecule has 2 atom stereocenters. The zero-order chi connectivity index (χ0) is 19.5. The highest BCUT2D eigenvalue weighted by Crippen LogP contribution is 2.33. The number of hydrogen-bond donors (Lipinski definition) is 1. The van der Waals surface area contributed by atoms with Crippen LogP contribution in [0.2, 0.25) is 5.02 Å². The van der Waals surface area contributed by atoms with Crippen molar-refractivity contribution < 1.29 is 19.0 Å². The predicted octanol–water partition coefficient (Wildman–Crippen LogP) is 3.16. The molecule has 2 unspecified atom stereocenters. The van der Waals surface area contributed by atoms with Gasteiger partial charge in [-0.2, -0.15) is 0 Å². The lowest BCUT2D eigenvalue weighted by Gasteiger charge is -2.33. The first-order chi connectivity index (χ1) is 13.6. The van der Waals surface area contributed by atoms with E-state index in [9.17, 15) is 4.79 Å². The number of amides is 1. The van der Waals surface area contributed by atoms with Gasteiger partial charge in [-0.25, -0.2) is 9.97 Å². The van der Waals surface area contributed by atoms with Gasteiger partial charge >= 0.3 is 6.01 Å². The lowest BCUT2D eigenvalue weighted by molar-refractivity contribution is -0.134. The summed E-state index contributed by atoms with van der Waals surface area (Å²) in [4.78, 5) is 20.8. The summed E-state index contributed by atoms with van der Waals surface area (Å²) in [5, 5.41) is 3.57. The molecule has 0 spiro atoms. The molecule has 2 heterocycles. The van der Waals surface area contributed by atoms with Crippen molar-refractivity contribution in [3.63, 3.8) is 0 Å².